The second kappa shape index (κ2) is 3.90. The summed E-state index contributed by atoms with van der Waals surface area (Å²) in [6, 6.07) is 1.84. The van der Waals surface area contributed by atoms with Crippen LogP contribution < -0.4 is 5.32 Å². The topological polar surface area (TPSA) is 55.1 Å². The van der Waals surface area contributed by atoms with E-state index in [2.05, 4.69) is 10.5 Å². The highest BCUT2D eigenvalue weighted by Gasteiger charge is 2.01. The van der Waals surface area contributed by atoms with Crippen molar-refractivity contribution in [2.45, 2.75) is 26.8 Å². The zero-order valence-corrected chi connectivity index (χ0v) is 7.26. The molecule has 0 radical (unpaired) electrons. The largest absolute Gasteiger partial charge is 0.359 e. The number of carbonyl (C=O) groups is 1. The van der Waals surface area contributed by atoms with Gasteiger partial charge in [0.1, 0.15) is 0 Å². The molecule has 0 atom stereocenters. The summed E-state index contributed by atoms with van der Waals surface area (Å²) in [5.41, 5.74) is 0.912. The smallest absolute Gasteiger partial charge is 0.217 e. The van der Waals surface area contributed by atoms with Crippen molar-refractivity contribution in [1.82, 2.24) is 10.5 Å². The van der Waals surface area contributed by atoms with E-state index in [1.807, 2.05) is 13.0 Å². The maximum Gasteiger partial charge on any atom is 0.217 e. The summed E-state index contributed by atoms with van der Waals surface area (Å²) in [6.07, 6.45) is 0.851. The van der Waals surface area contributed by atoms with Gasteiger partial charge in [0.2, 0.25) is 5.91 Å². The predicted octanol–water partition coefficient (Wildman–Crippen LogP) is 0.873. The number of aromatic nitrogens is 1. The molecule has 0 aliphatic heterocycles. The Morgan fingerprint density at radius 1 is 1.75 bits per heavy atom. The van der Waals surface area contributed by atoms with Crippen molar-refractivity contribution in [3.05, 3.63) is 17.5 Å². The highest BCUT2D eigenvalue weighted by molar-refractivity contribution is 5.72. The van der Waals surface area contributed by atoms with Gasteiger partial charge in [0, 0.05) is 13.0 Å². The minimum Gasteiger partial charge on any atom is -0.359 e. The van der Waals surface area contributed by atoms with Crippen LogP contribution in [0, 0.1) is 0 Å². The second-order valence-corrected chi connectivity index (χ2v) is 2.55. The minimum atomic E-state index is -0.0653. The van der Waals surface area contributed by atoms with Crippen LogP contribution in [0.3, 0.4) is 0 Å². The normalized spacial score (nSPS) is 9.83. The van der Waals surface area contributed by atoms with E-state index in [0.29, 0.717) is 12.3 Å². The van der Waals surface area contributed by atoms with Gasteiger partial charge in [-0.3, -0.25) is 4.79 Å². The number of nitrogens with one attached hydrogen (secondary N) is 1. The van der Waals surface area contributed by atoms with Gasteiger partial charge in [-0.25, -0.2) is 0 Å². The average molecular weight is 168 g/mol. The van der Waals surface area contributed by atoms with Gasteiger partial charge in [-0.1, -0.05) is 12.1 Å². The van der Waals surface area contributed by atoms with E-state index in [4.69, 9.17) is 4.52 Å². The highest BCUT2D eigenvalue weighted by Crippen LogP contribution is 2.02. The molecule has 66 valence electrons. The van der Waals surface area contributed by atoms with Gasteiger partial charge < -0.3 is 9.84 Å². The molecule has 1 aromatic heterocycles. The summed E-state index contributed by atoms with van der Waals surface area (Å²) >= 11 is 0. The van der Waals surface area contributed by atoms with Crippen LogP contribution in [0.4, 0.5) is 0 Å². The van der Waals surface area contributed by atoms with Crippen LogP contribution in [0.15, 0.2) is 10.6 Å². The third kappa shape index (κ3) is 2.38. The van der Waals surface area contributed by atoms with Crippen molar-refractivity contribution < 1.29 is 9.32 Å². The van der Waals surface area contributed by atoms with Crippen molar-refractivity contribution in [2.75, 3.05) is 0 Å². The summed E-state index contributed by atoms with van der Waals surface area (Å²) in [7, 11) is 0. The maximum absolute atomic E-state index is 10.5. The van der Waals surface area contributed by atoms with Gasteiger partial charge in [0.05, 0.1) is 12.2 Å². The number of rotatable bonds is 3. The zero-order chi connectivity index (χ0) is 8.97. The molecule has 1 amide bonds. The molecular formula is C8H12N2O2. The van der Waals surface area contributed by atoms with Crippen LogP contribution in [-0.4, -0.2) is 11.1 Å². The number of hydrogen-bond acceptors (Lipinski definition) is 3. The Hall–Kier alpha value is -1.32. The first-order valence-corrected chi connectivity index (χ1v) is 3.91. The maximum atomic E-state index is 10.5. The van der Waals surface area contributed by atoms with Gasteiger partial charge in [0.25, 0.3) is 0 Å². The van der Waals surface area contributed by atoms with Crippen LogP contribution in [-0.2, 0) is 17.8 Å². The van der Waals surface area contributed by atoms with Crippen LogP contribution in [0.25, 0.3) is 0 Å². The molecule has 12 heavy (non-hydrogen) atoms. The molecule has 4 nitrogen and oxygen atoms in total. The fraction of sp³-hybridized carbons (Fsp3) is 0.500. The van der Waals surface area contributed by atoms with Crippen LogP contribution >= 0.6 is 0 Å². The fourth-order valence-corrected chi connectivity index (χ4v) is 0.817. The molecule has 4 heteroatoms. The molecule has 1 rings (SSSR count). The third-order valence-corrected chi connectivity index (χ3v) is 1.48. The Balaban J connectivity index is 2.47. The molecule has 1 aromatic rings. The molecule has 0 aliphatic rings. The SMILES string of the molecule is CCc1cc(CNC(C)=O)on1. The Labute approximate surface area is 70.9 Å². The molecular weight excluding hydrogens is 156 g/mol. The number of carbonyl (C=O) groups excluding carboxylic acids is 1. The van der Waals surface area contributed by atoms with Crippen LogP contribution in [0.2, 0.25) is 0 Å². The van der Waals surface area contributed by atoms with E-state index in [-0.39, 0.29) is 5.91 Å². The number of amides is 1. The highest BCUT2D eigenvalue weighted by atomic mass is 16.5. The monoisotopic (exact) mass is 168 g/mol. The van der Waals surface area contributed by atoms with Gasteiger partial charge in [-0.15, -0.1) is 0 Å². The van der Waals surface area contributed by atoms with Crippen LogP contribution in [0.1, 0.15) is 25.3 Å². The Morgan fingerprint density at radius 2 is 2.50 bits per heavy atom. The molecule has 0 aliphatic carbocycles. The van der Waals surface area contributed by atoms with E-state index in [1.54, 1.807) is 0 Å². The summed E-state index contributed by atoms with van der Waals surface area (Å²) in [5.74, 6) is 0.631. The molecule has 0 unspecified atom stereocenters. The Bertz CT molecular complexity index is 268. The lowest BCUT2D eigenvalue weighted by Crippen LogP contribution is -2.18. The summed E-state index contributed by atoms with van der Waals surface area (Å²) in [5, 5.41) is 6.41. The molecule has 0 saturated heterocycles. The molecule has 0 fully saturated rings. The lowest BCUT2D eigenvalue weighted by molar-refractivity contribution is -0.119. The first kappa shape index (κ1) is 8.77. The Kier molecular flexibility index (Phi) is 2.85. The average Bonchev–Trinajstić information content (AvgIpc) is 2.48. The molecule has 1 heterocycles. The van der Waals surface area contributed by atoms with E-state index in [0.717, 1.165) is 12.1 Å². The molecule has 0 aromatic carbocycles. The van der Waals surface area contributed by atoms with Crippen molar-refractivity contribution in [3.63, 3.8) is 0 Å². The van der Waals surface area contributed by atoms with Crippen molar-refractivity contribution in [3.8, 4) is 0 Å². The van der Waals surface area contributed by atoms with Gasteiger partial charge in [0.15, 0.2) is 5.76 Å². The fourth-order valence-electron chi connectivity index (χ4n) is 0.817. The van der Waals surface area contributed by atoms with E-state index in [9.17, 15) is 4.79 Å². The van der Waals surface area contributed by atoms with Crippen molar-refractivity contribution in [2.24, 2.45) is 0 Å². The van der Waals surface area contributed by atoms with Crippen molar-refractivity contribution >= 4 is 5.91 Å². The number of hydrogen-bond donors (Lipinski definition) is 1. The van der Waals surface area contributed by atoms with E-state index in [1.165, 1.54) is 6.92 Å². The number of nitrogens with zero attached hydrogens (tertiary/aromatic N) is 1. The zero-order valence-electron chi connectivity index (χ0n) is 7.26. The Morgan fingerprint density at radius 3 is 3.00 bits per heavy atom. The molecule has 1 N–H and O–H groups in total. The second-order valence-electron chi connectivity index (χ2n) is 2.55. The van der Waals surface area contributed by atoms with Gasteiger partial charge in [-0.2, -0.15) is 0 Å². The molecule has 0 spiro atoms. The predicted molar refractivity (Wildman–Crippen MR) is 43.4 cm³/mol. The van der Waals surface area contributed by atoms with Crippen molar-refractivity contribution in [1.29, 1.82) is 0 Å². The summed E-state index contributed by atoms with van der Waals surface area (Å²) in [4.78, 5) is 10.5. The molecule has 0 saturated carbocycles. The van der Waals surface area contributed by atoms with Gasteiger partial charge in [-0.05, 0) is 6.42 Å². The lowest BCUT2D eigenvalue weighted by Gasteiger charge is -1.94. The first-order valence-electron chi connectivity index (χ1n) is 3.91. The number of aryl methyl sites for hydroxylation is 1. The summed E-state index contributed by atoms with van der Waals surface area (Å²) < 4.78 is 4.94. The third-order valence-electron chi connectivity index (χ3n) is 1.48. The van der Waals surface area contributed by atoms with Crippen LogP contribution in [0.5, 0.6) is 0 Å². The quantitative estimate of drug-likeness (QED) is 0.728. The minimum absolute atomic E-state index is 0.0653. The standard InChI is InChI=1S/C8H12N2O2/c1-3-7-4-8(12-10-7)5-9-6(2)11/h4H,3,5H2,1-2H3,(H,9,11). The van der Waals surface area contributed by atoms with E-state index >= 15 is 0 Å². The van der Waals surface area contributed by atoms with Gasteiger partial charge >= 0.3 is 0 Å². The summed E-state index contributed by atoms with van der Waals surface area (Å²) in [6.45, 7) is 3.89. The molecule has 0 bridgehead atoms. The first-order chi connectivity index (χ1) is 5.72. The van der Waals surface area contributed by atoms with E-state index < -0.39 is 0 Å². The lowest BCUT2D eigenvalue weighted by atomic mass is 10.3.